The van der Waals surface area contributed by atoms with Gasteiger partial charge < -0.3 is 4.90 Å². The highest BCUT2D eigenvalue weighted by atomic mass is 35.5. The Morgan fingerprint density at radius 3 is 2.40 bits per heavy atom. The molecule has 0 atom stereocenters. The molecule has 80 valence electrons. The summed E-state index contributed by atoms with van der Waals surface area (Å²) in [4.78, 5) is 2.44. The van der Waals surface area contributed by atoms with Crippen LogP contribution in [0.15, 0.2) is 30.3 Å². The molecule has 0 N–H and O–H groups in total. The van der Waals surface area contributed by atoms with E-state index >= 15 is 0 Å². The Kier molecular flexibility index (Phi) is 3.68. The van der Waals surface area contributed by atoms with Crippen molar-refractivity contribution in [2.24, 2.45) is 0 Å². The summed E-state index contributed by atoms with van der Waals surface area (Å²) in [5.74, 6) is 0.577. The second-order valence-electron chi connectivity index (χ2n) is 3.84. The highest BCUT2D eigenvalue weighted by Crippen LogP contribution is 2.20. The number of anilines is 1. The molecule has 0 bridgehead atoms. The number of nitrogens with zero attached hydrogens (tertiary/aromatic N) is 1. The maximum Gasteiger partial charge on any atom is 0.0407 e. The molecule has 1 fully saturated rings. The lowest BCUT2D eigenvalue weighted by Gasteiger charge is -2.17. The molecule has 1 heterocycles. The van der Waals surface area contributed by atoms with Gasteiger partial charge in [-0.15, -0.1) is 11.6 Å². The van der Waals surface area contributed by atoms with Crippen molar-refractivity contribution < 1.29 is 0 Å². The fourth-order valence-electron chi connectivity index (χ4n) is 1.95. The number of allylic oxidation sites excluding steroid dienone is 1. The zero-order chi connectivity index (χ0) is 10.5. The molecule has 1 nitrogen and oxygen atoms in total. The SMILES string of the molecule is ClCC=Cc1ccc(N2CCCC2)cc1. The van der Waals surface area contributed by atoms with Crippen LogP contribution in [-0.4, -0.2) is 19.0 Å². The summed E-state index contributed by atoms with van der Waals surface area (Å²) in [5, 5.41) is 0. The zero-order valence-corrected chi connectivity index (χ0v) is 9.58. The monoisotopic (exact) mass is 221 g/mol. The van der Waals surface area contributed by atoms with Crippen LogP contribution >= 0.6 is 11.6 Å². The van der Waals surface area contributed by atoms with Crippen molar-refractivity contribution >= 4 is 23.4 Å². The molecule has 0 saturated carbocycles. The van der Waals surface area contributed by atoms with E-state index in [0.717, 1.165) is 0 Å². The lowest BCUT2D eigenvalue weighted by atomic mass is 10.2. The molecule has 0 unspecified atom stereocenters. The molecule has 0 aromatic heterocycles. The first-order chi connectivity index (χ1) is 7.40. The molecule has 2 heteroatoms. The van der Waals surface area contributed by atoms with Crippen LogP contribution in [0.1, 0.15) is 18.4 Å². The van der Waals surface area contributed by atoms with Crippen LogP contribution in [0.4, 0.5) is 5.69 Å². The zero-order valence-electron chi connectivity index (χ0n) is 8.82. The number of rotatable bonds is 3. The maximum absolute atomic E-state index is 5.59. The summed E-state index contributed by atoms with van der Waals surface area (Å²) in [6.45, 7) is 2.41. The minimum Gasteiger partial charge on any atom is -0.372 e. The third-order valence-corrected chi connectivity index (χ3v) is 2.94. The topological polar surface area (TPSA) is 3.24 Å². The summed E-state index contributed by atoms with van der Waals surface area (Å²) >= 11 is 5.59. The van der Waals surface area contributed by atoms with E-state index in [1.165, 1.54) is 37.2 Å². The van der Waals surface area contributed by atoms with E-state index in [1.807, 2.05) is 6.08 Å². The van der Waals surface area contributed by atoms with Gasteiger partial charge in [0.05, 0.1) is 0 Å². The van der Waals surface area contributed by atoms with E-state index in [-0.39, 0.29) is 0 Å². The second kappa shape index (κ2) is 5.22. The highest BCUT2D eigenvalue weighted by molar-refractivity contribution is 6.19. The maximum atomic E-state index is 5.59. The number of hydrogen-bond donors (Lipinski definition) is 0. The third-order valence-electron chi connectivity index (χ3n) is 2.76. The van der Waals surface area contributed by atoms with Gasteiger partial charge in [-0.3, -0.25) is 0 Å². The Morgan fingerprint density at radius 1 is 1.13 bits per heavy atom. The van der Waals surface area contributed by atoms with E-state index in [9.17, 15) is 0 Å². The Bertz CT molecular complexity index is 323. The Labute approximate surface area is 96.4 Å². The molecule has 1 aromatic rings. The minimum absolute atomic E-state index is 0.577. The number of halogens is 1. The van der Waals surface area contributed by atoms with Crippen LogP contribution in [-0.2, 0) is 0 Å². The first-order valence-corrected chi connectivity index (χ1v) is 6.01. The quantitative estimate of drug-likeness (QED) is 0.706. The van der Waals surface area contributed by atoms with Gasteiger partial charge in [0, 0.05) is 24.7 Å². The summed E-state index contributed by atoms with van der Waals surface area (Å²) < 4.78 is 0. The molecule has 15 heavy (non-hydrogen) atoms. The van der Waals surface area contributed by atoms with Gasteiger partial charge in [0.15, 0.2) is 0 Å². The summed E-state index contributed by atoms with van der Waals surface area (Å²) in [6.07, 6.45) is 6.68. The lowest BCUT2D eigenvalue weighted by molar-refractivity contribution is 0.949. The molecule has 0 spiro atoms. The van der Waals surface area contributed by atoms with Crippen LogP contribution < -0.4 is 4.90 Å². The number of alkyl halides is 1. The first kappa shape index (κ1) is 10.6. The molecule has 1 aromatic carbocycles. The van der Waals surface area contributed by atoms with Crippen LogP contribution in [0.2, 0.25) is 0 Å². The summed E-state index contributed by atoms with van der Waals surface area (Å²) in [6, 6.07) is 8.69. The van der Waals surface area contributed by atoms with E-state index in [0.29, 0.717) is 5.88 Å². The predicted molar refractivity (Wildman–Crippen MR) is 67.6 cm³/mol. The third kappa shape index (κ3) is 2.75. The first-order valence-electron chi connectivity index (χ1n) is 5.47. The van der Waals surface area contributed by atoms with Crippen molar-refractivity contribution in [3.63, 3.8) is 0 Å². The standard InChI is InChI=1S/C13H16ClN/c14-9-3-4-12-5-7-13(8-6-12)15-10-1-2-11-15/h3-8H,1-2,9-11H2. The molecular formula is C13H16ClN. The fourth-order valence-corrected chi connectivity index (χ4v) is 2.04. The molecule has 0 amide bonds. The predicted octanol–water partition coefficient (Wildman–Crippen LogP) is 3.54. The van der Waals surface area contributed by atoms with Gasteiger partial charge >= 0.3 is 0 Å². The smallest absolute Gasteiger partial charge is 0.0407 e. The van der Waals surface area contributed by atoms with Gasteiger partial charge in [-0.25, -0.2) is 0 Å². The van der Waals surface area contributed by atoms with Crippen molar-refractivity contribution in [3.8, 4) is 0 Å². The normalized spacial score (nSPS) is 16.5. The van der Waals surface area contributed by atoms with E-state index < -0.39 is 0 Å². The summed E-state index contributed by atoms with van der Waals surface area (Å²) in [5.41, 5.74) is 2.56. The Balaban J connectivity index is 2.06. The van der Waals surface area contributed by atoms with Crippen molar-refractivity contribution in [1.29, 1.82) is 0 Å². The van der Waals surface area contributed by atoms with E-state index in [4.69, 9.17) is 11.6 Å². The van der Waals surface area contributed by atoms with Gasteiger partial charge in [-0.1, -0.05) is 24.3 Å². The summed E-state index contributed by atoms with van der Waals surface area (Å²) in [7, 11) is 0. The number of benzene rings is 1. The van der Waals surface area contributed by atoms with E-state index in [1.54, 1.807) is 0 Å². The fraction of sp³-hybridized carbons (Fsp3) is 0.385. The molecule has 0 aliphatic carbocycles. The second-order valence-corrected chi connectivity index (χ2v) is 4.15. The van der Waals surface area contributed by atoms with Gasteiger partial charge in [-0.05, 0) is 30.5 Å². The molecule has 1 aliphatic rings. The average molecular weight is 222 g/mol. The lowest BCUT2D eigenvalue weighted by Crippen LogP contribution is -2.17. The Hall–Kier alpha value is -0.950. The molecule has 1 aliphatic heterocycles. The van der Waals surface area contributed by atoms with Gasteiger partial charge in [0.1, 0.15) is 0 Å². The van der Waals surface area contributed by atoms with Crippen LogP contribution in [0.25, 0.3) is 6.08 Å². The van der Waals surface area contributed by atoms with Crippen molar-refractivity contribution in [2.75, 3.05) is 23.9 Å². The van der Waals surface area contributed by atoms with Gasteiger partial charge in [0.2, 0.25) is 0 Å². The van der Waals surface area contributed by atoms with Gasteiger partial charge in [0.25, 0.3) is 0 Å². The largest absolute Gasteiger partial charge is 0.372 e. The molecular weight excluding hydrogens is 206 g/mol. The van der Waals surface area contributed by atoms with E-state index in [2.05, 4.69) is 35.2 Å². The van der Waals surface area contributed by atoms with Crippen LogP contribution in [0.5, 0.6) is 0 Å². The highest BCUT2D eigenvalue weighted by Gasteiger charge is 2.11. The molecule has 0 radical (unpaired) electrons. The van der Waals surface area contributed by atoms with Crippen LogP contribution in [0, 0.1) is 0 Å². The number of hydrogen-bond acceptors (Lipinski definition) is 1. The molecule has 1 saturated heterocycles. The van der Waals surface area contributed by atoms with Crippen molar-refractivity contribution in [3.05, 3.63) is 35.9 Å². The molecule has 2 rings (SSSR count). The van der Waals surface area contributed by atoms with Gasteiger partial charge in [-0.2, -0.15) is 0 Å². The Morgan fingerprint density at radius 2 is 1.80 bits per heavy atom. The van der Waals surface area contributed by atoms with Crippen molar-refractivity contribution in [2.45, 2.75) is 12.8 Å². The van der Waals surface area contributed by atoms with Crippen molar-refractivity contribution in [1.82, 2.24) is 0 Å². The van der Waals surface area contributed by atoms with Crippen LogP contribution in [0.3, 0.4) is 0 Å². The minimum atomic E-state index is 0.577. The average Bonchev–Trinajstić information content (AvgIpc) is 2.80.